The number of carbonyl (C=O) groups is 3. The second-order valence-corrected chi connectivity index (χ2v) is 14.9. The van der Waals surface area contributed by atoms with E-state index in [9.17, 15) is 14.4 Å². The van der Waals surface area contributed by atoms with Crippen molar-refractivity contribution in [2.75, 3.05) is 6.54 Å². The molecule has 6 atom stereocenters. The number of pyridine rings is 1. The first-order valence-electron chi connectivity index (χ1n) is 16.8. The Balaban J connectivity index is 1.40. The topological polar surface area (TPSA) is 133 Å². The van der Waals surface area contributed by atoms with Crippen molar-refractivity contribution in [1.82, 2.24) is 25.2 Å². The first-order valence-corrected chi connectivity index (χ1v) is 16.8. The fourth-order valence-electron chi connectivity index (χ4n) is 7.08. The van der Waals surface area contributed by atoms with E-state index in [-0.39, 0.29) is 36.1 Å². The van der Waals surface area contributed by atoms with Crippen molar-refractivity contribution in [3.05, 3.63) is 48.4 Å². The van der Waals surface area contributed by atoms with Gasteiger partial charge in [-0.3, -0.25) is 9.59 Å². The van der Waals surface area contributed by atoms with Gasteiger partial charge in [0.25, 0.3) is 5.92 Å². The molecular formula is C36H43F2N5O6. The summed E-state index contributed by atoms with van der Waals surface area (Å²) in [5.74, 6) is -4.19. The predicted molar refractivity (Wildman–Crippen MR) is 175 cm³/mol. The quantitative estimate of drug-likeness (QED) is 0.326. The minimum atomic E-state index is -3.30. The first kappa shape index (κ1) is 34.4. The minimum Gasteiger partial charge on any atom is -0.472 e. The van der Waals surface area contributed by atoms with Crippen LogP contribution in [-0.4, -0.2) is 68.0 Å². The highest BCUT2D eigenvalue weighted by Gasteiger charge is 2.54. The number of hydrogen-bond acceptors (Lipinski definition) is 9. The second kappa shape index (κ2) is 12.8. The van der Waals surface area contributed by atoms with Crippen LogP contribution in [0, 0.1) is 17.3 Å². The molecule has 3 aliphatic rings. The standard InChI is InChI=1S/C36H43F2N5O6/c1-20-27-18-43(29(20)21(2)44)32(45)30(34(3,4)5)42-33(46)49-35(6)17-23(35)9-7-8-13-36(37,38)25-15-22-10-11-24(16-26(22)41-31(25)48-27)47-28-12-14-39-19-40-28/h10-12,14-16,19-20,23,27,29-30H,7-9,13,17-18H2,1-6H3,(H,42,46)/t20-,23-,27+,29+,30-,35-/m1/s1. The lowest BCUT2D eigenvalue weighted by Gasteiger charge is -2.35. The molecule has 0 spiro atoms. The van der Waals surface area contributed by atoms with Crippen molar-refractivity contribution < 1.29 is 37.4 Å². The fourth-order valence-corrected chi connectivity index (χ4v) is 7.08. The minimum absolute atomic E-state index is 0.0248. The normalized spacial score (nSPS) is 29.0. The third kappa shape index (κ3) is 7.16. The summed E-state index contributed by atoms with van der Waals surface area (Å²) in [6.45, 7) is 10.3. The Morgan fingerprint density at radius 2 is 1.92 bits per heavy atom. The van der Waals surface area contributed by atoms with E-state index in [1.807, 2.05) is 27.7 Å². The number of Topliss-reactive ketones (excluding diaryl/α,β-unsaturated/α-hetero) is 1. The zero-order valence-electron chi connectivity index (χ0n) is 28.7. The Morgan fingerprint density at radius 3 is 2.61 bits per heavy atom. The Labute approximate surface area is 284 Å². The van der Waals surface area contributed by atoms with E-state index in [2.05, 4.69) is 20.3 Å². The highest BCUT2D eigenvalue weighted by molar-refractivity contribution is 5.92. The number of rotatable bonds is 3. The molecule has 262 valence electrons. The van der Waals surface area contributed by atoms with Gasteiger partial charge in [-0.25, -0.2) is 28.5 Å². The van der Waals surface area contributed by atoms with E-state index in [0.29, 0.717) is 41.8 Å². The van der Waals surface area contributed by atoms with Gasteiger partial charge < -0.3 is 24.4 Å². The summed E-state index contributed by atoms with van der Waals surface area (Å²) in [7, 11) is 0. The highest BCUT2D eigenvalue weighted by Crippen LogP contribution is 2.50. The molecule has 11 nitrogen and oxygen atoms in total. The molecule has 2 aromatic heterocycles. The number of hydrogen-bond donors (Lipinski definition) is 1. The molecule has 13 heteroatoms. The number of ketones is 1. The summed E-state index contributed by atoms with van der Waals surface area (Å²) in [4.78, 5) is 54.4. The Hall–Kier alpha value is -4.42. The number of aromatic nitrogens is 3. The summed E-state index contributed by atoms with van der Waals surface area (Å²) in [6, 6.07) is 5.96. The zero-order valence-corrected chi connectivity index (χ0v) is 28.7. The maximum absolute atomic E-state index is 16.2. The molecule has 2 amide bonds. The fraction of sp³-hybridized carbons (Fsp3) is 0.556. The molecule has 0 unspecified atom stereocenters. The Bertz CT molecular complexity index is 1750. The molecule has 2 fully saturated rings. The van der Waals surface area contributed by atoms with E-state index < -0.39 is 59.5 Å². The van der Waals surface area contributed by atoms with Gasteiger partial charge in [-0.05, 0) is 56.7 Å². The lowest BCUT2D eigenvalue weighted by atomic mass is 9.85. The molecule has 2 aliphatic heterocycles. The molecule has 3 aromatic rings. The van der Waals surface area contributed by atoms with Crippen LogP contribution >= 0.6 is 0 Å². The Morgan fingerprint density at radius 1 is 1.14 bits per heavy atom. The molecule has 1 N–H and O–H groups in total. The summed E-state index contributed by atoms with van der Waals surface area (Å²) in [5.41, 5.74) is -1.49. The van der Waals surface area contributed by atoms with Crippen LogP contribution in [-0.2, 0) is 20.2 Å². The average Bonchev–Trinajstić information content (AvgIpc) is 3.54. The van der Waals surface area contributed by atoms with Crippen LogP contribution < -0.4 is 14.8 Å². The van der Waals surface area contributed by atoms with Gasteiger partial charge in [0.2, 0.25) is 17.7 Å². The number of halogens is 2. The molecule has 4 heterocycles. The number of ether oxygens (including phenoxy) is 3. The maximum Gasteiger partial charge on any atom is 0.408 e. The average molecular weight is 680 g/mol. The number of benzene rings is 1. The highest BCUT2D eigenvalue weighted by atomic mass is 19.3. The summed E-state index contributed by atoms with van der Waals surface area (Å²) >= 11 is 0. The van der Waals surface area contributed by atoms with Crippen molar-refractivity contribution in [1.29, 1.82) is 0 Å². The molecule has 0 radical (unpaired) electrons. The molecule has 49 heavy (non-hydrogen) atoms. The van der Waals surface area contributed by atoms with Crippen molar-refractivity contribution >= 4 is 28.7 Å². The lowest BCUT2D eigenvalue weighted by Crippen LogP contribution is -2.57. The predicted octanol–water partition coefficient (Wildman–Crippen LogP) is 6.59. The van der Waals surface area contributed by atoms with Crippen LogP contribution in [0.25, 0.3) is 10.9 Å². The second-order valence-electron chi connectivity index (χ2n) is 14.9. The molecular weight excluding hydrogens is 636 g/mol. The smallest absolute Gasteiger partial charge is 0.408 e. The number of amides is 2. The van der Waals surface area contributed by atoms with Crippen molar-refractivity contribution in [3.63, 3.8) is 0 Å². The van der Waals surface area contributed by atoms with Gasteiger partial charge >= 0.3 is 6.09 Å². The molecule has 1 aliphatic carbocycles. The van der Waals surface area contributed by atoms with Gasteiger partial charge in [-0.15, -0.1) is 0 Å². The van der Waals surface area contributed by atoms with Gasteiger partial charge in [0.15, 0.2) is 5.78 Å². The van der Waals surface area contributed by atoms with Crippen LogP contribution in [0.15, 0.2) is 42.9 Å². The van der Waals surface area contributed by atoms with E-state index in [0.717, 1.165) is 0 Å². The van der Waals surface area contributed by atoms with Gasteiger partial charge in [0, 0.05) is 42.0 Å². The molecule has 1 saturated carbocycles. The van der Waals surface area contributed by atoms with Gasteiger partial charge in [0.1, 0.15) is 29.8 Å². The van der Waals surface area contributed by atoms with Crippen LogP contribution in [0.1, 0.15) is 79.2 Å². The van der Waals surface area contributed by atoms with Crippen LogP contribution in [0.3, 0.4) is 0 Å². The largest absolute Gasteiger partial charge is 0.472 e. The number of fused-ring (bicyclic) bond motifs is 5. The number of nitrogens with one attached hydrogen (secondary N) is 1. The van der Waals surface area contributed by atoms with Crippen LogP contribution in [0.4, 0.5) is 13.6 Å². The number of alkyl carbamates (subject to hydrolysis) is 1. The summed E-state index contributed by atoms with van der Waals surface area (Å²) in [5, 5.41) is 3.25. The van der Waals surface area contributed by atoms with Gasteiger partial charge in [0.05, 0.1) is 23.7 Å². The van der Waals surface area contributed by atoms with Crippen molar-refractivity contribution in [2.24, 2.45) is 17.3 Å². The van der Waals surface area contributed by atoms with Crippen molar-refractivity contribution in [3.8, 4) is 17.5 Å². The SMILES string of the molecule is CC(=O)[C@@H]1[C@H](C)[C@@H]2CN1C(=O)[C@H](C(C)(C)C)NC(=O)O[C@]1(C)C[C@H]1CCCCC(F)(F)c1cc3ccc(Oc4ccncn4)cc3nc1O2. The molecule has 1 saturated heterocycles. The van der Waals surface area contributed by atoms with Crippen LogP contribution in [0.5, 0.6) is 17.5 Å². The molecule has 2 bridgehead atoms. The van der Waals surface area contributed by atoms with E-state index in [1.54, 1.807) is 31.2 Å². The third-order valence-corrected chi connectivity index (χ3v) is 10.0. The number of carbonyl (C=O) groups excluding carboxylic acids is 3. The molecule has 6 rings (SSSR count). The first-order chi connectivity index (χ1) is 23.1. The van der Waals surface area contributed by atoms with E-state index >= 15 is 8.78 Å². The number of nitrogens with zero attached hydrogens (tertiary/aromatic N) is 4. The van der Waals surface area contributed by atoms with Gasteiger partial charge in [-0.1, -0.05) is 34.1 Å². The van der Waals surface area contributed by atoms with Gasteiger partial charge in [-0.2, -0.15) is 0 Å². The maximum atomic E-state index is 16.2. The zero-order chi connectivity index (χ0) is 35.3. The van der Waals surface area contributed by atoms with Crippen LogP contribution in [0.2, 0.25) is 0 Å². The Kier molecular flexibility index (Phi) is 8.99. The molecule has 1 aromatic carbocycles. The monoisotopic (exact) mass is 679 g/mol. The summed E-state index contributed by atoms with van der Waals surface area (Å²) in [6.07, 6.45) is 2.84. The van der Waals surface area contributed by atoms with E-state index in [1.165, 1.54) is 30.4 Å². The van der Waals surface area contributed by atoms with Crippen molar-refractivity contribution in [2.45, 2.75) is 103 Å². The lowest BCUT2D eigenvalue weighted by molar-refractivity contribution is -0.141. The number of alkyl halides is 2. The van der Waals surface area contributed by atoms with E-state index in [4.69, 9.17) is 14.2 Å². The third-order valence-electron chi connectivity index (χ3n) is 10.0. The summed E-state index contributed by atoms with van der Waals surface area (Å²) < 4.78 is 50.4.